The molecule has 0 atom stereocenters. The van der Waals surface area contributed by atoms with E-state index in [0.717, 1.165) is 11.6 Å². The molecule has 0 unspecified atom stereocenters. The van der Waals surface area contributed by atoms with E-state index in [9.17, 15) is 18.8 Å². The van der Waals surface area contributed by atoms with Crippen molar-refractivity contribution in [3.05, 3.63) is 83.7 Å². The second-order valence-electron chi connectivity index (χ2n) is 7.16. The number of hydrogen-bond acceptors (Lipinski definition) is 6. The number of carbonyl (C=O) groups excluding carboxylic acids is 3. The molecule has 9 nitrogen and oxygen atoms in total. The molecule has 0 saturated heterocycles. The second kappa shape index (κ2) is 11.9. The summed E-state index contributed by atoms with van der Waals surface area (Å²) in [6.45, 7) is 1.56. The van der Waals surface area contributed by atoms with Gasteiger partial charge in [0.1, 0.15) is 5.82 Å². The molecule has 0 aromatic heterocycles. The highest BCUT2D eigenvalue weighted by Crippen LogP contribution is 2.30. The maximum atomic E-state index is 13.6. The van der Waals surface area contributed by atoms with Crippen molar-refractivity contribution < 1.29 is 28.2 Å². The Bertz CT molecular complexity index is 1260. The van der Waals surface area contributed by atoms with E-state index in [1.54, 1.807) is 24.3 Å². The van der Waals surface area contributed by atoms with Crippen LogP contribution < -0.4 is 25.5 Å². The number of rotatable bonds is 8. The van der Waals surface area contributed by atoms with Crippen molar-refractivity contribution in [1.82, 2.24) is 5.43 Å². The van der Waals surface area contributed by atoms with Gasteiger partial charge in [0.05, 0.1) is 19.0 Å². The number of methoxy groups -OCH3 is 1. The maximum Gasteiger partial charge on any atom is 0.329 e. The zero-order valence-corrected chi connectivity index (χ0v) is 19.0. The summed E-state index contributed by atoms with van der Waals surface area (Å²) in [7, 11) is 1.44. The Morgan fingerprint density at radius 3 is 2.34 bits per heavy atom. The second-order valence-corrected chi connectivity index (χ2v) is 7.16. The predicted octanol–water partition coefficient (Wildman–Crippen LogP) is 3.25. The summed E-state index contributed by atoms with van der Waals surface area (Å²) in [4.78, 5) is 36.3. The van der Waals surface area contributed by atoms with Gasteiger partial charge in [-0.1, -0.05) is 36.4 Å². The largest absolute Gasteiger partial charge is 0.493 e. The van der Waals surface area contributed by atoms with Crippen LogP contribution >= 0.6 is 0 Å². The Balaban J connectivity index is 1.63. The van der Waals surface area contributed by atoms with E-state index in [1.165, 1.54) is 31.5 Å². The van der Waals surface area contributed by atoms with Gasteiger partial charge in [-0.3, -0.25) is 14.4 Å². The number of halogens is 1. The Kier molecular flexibility index (Phi) is 8.49. The number of para-hydroxylation sites is 3. The van der Waals surface area contributed by atoms with Gasteiger partial charge in [-0.25, -0.2) is 9.82 Å². The zero-order valence-electron chi connectivity index (χ0n) is 19.0. The number of amides is 3. The molecule has 0 aliphatic heterocycles. The van der Waals surface area contributed by atoms with E-state index < -0.39 is 17.6 Å². The number of nitrogens with one attached hydrogen (secondary N) is 3. The van der Waals surface area contributed by atoms with Crippen LogP contribution in [0.4, 0.5) is 15.8 Å². The molecule has 35 heavy (non-hydrogen) atoms. The molecular formula is C25H23FN4O5. The summed E-state index contributed by atoms with van der Waals surface area (Å²) in [5.74, 6) is -2.72. The number of aryl methyl sites for hydroxylation is 1. The first-order valence-corrected chi connectivity index (χ1v) is 10.4. The molecule has 3 rings (SSSR count). The molecule has 0 radical (unpaired) electrons. The Morgan fingerprint density at radius 1 is 0.914 bits per heavy atom. The first-order chi connectivity index (χ1) is 16.9. The van der Waals surface area contributed by atoms with Crippen LogP contribution in [-0.4, -0.2) is 37.7 Å². The Morgan fingerprint density at radius 2 is 1.63 bits per heavy atom. The van der Waals surface area contributed by atoms with Crippen molar-refractivity contribution in [2.75, 3.05) is 24.4 Å². The molecule has 3 N–H and O–H groups in total. The smallest absolute Gasteiger partial charge is 0.329 e. The average Bonchev–Trinajstić information content (AvgIpc) is 2.85. The third kappa shape index (κ3) is 6.87. The fourth-order valence-electron chi connectivity index (χ4n) is 2.94. The number of hydrazone groups is 1. The zero-order chi connectivity index (χ0) is 25.2. The molecule has 3 aromatic carbocycles. The predicted molar refractivity (Wildman–Crippen MR) is 129 cm³/mol. The first kappa shape index (κ1) is 24.9. The number of hydrogen-bond donors (Lipinski definition) is 3. The summed E-state index contributed by atoms with van der Waals surface area (Å²) in [6, 6.07) is 17.7. The lowest BCUT2D eigenvalue weighted by Gasteiger charge is -2.13. The van der Waals surface area contributed by atoms with Crippen LogP contribution in [0, 0.1) is 12.7 Å². The Hall–Kier alpha value is -4.73. The van der Waals surface area contributed by atoms with Crippen LogP contribution in [-0.2, 0) is 14.4 Å². The molecule has 0 bridgehead atoms. The highest BCUT2D eigenvalue weighted by atomic mass is 19.1. The van der Waals surface area contributed by atoms with Gasteiger partial charge in [0.2, 0.25) is 0 Å². The van der Waals surface area contributed by atoms with Gasteiger partial charge < -0.3 is 20.1 Å². The third-order valence-electron chi connectivity index (χ3n) is 4.69. The number of ether oxygens (including phenoxy) is 2. The minimum Gasteiger partial charge on any atom is -0.493 e. The molecule has 180 valence electrons. The van der Waals surface area contributed by atoms with Gasteiger partial charge in [-0.15, -0.1) is 0 Å². The van der Waals surface area contributed by atoms with Gasteiger partial charge in [0, 0.05) is 11.3 Å². The van der Waals surface area contributed by atoms with Gasteiger partial charge in [0.25, 0.3) is 5.91 Å². The van der Waals surface area contributed by atoms with Gasteiger partial charge in [0.15, 0.2) is 18.1 Å². The minimum absolute atomic E-state index is 0.135. The number of nitrogens with zero attached hydrogens (tertiary/aromatic N) is 1. The van der Waals surface area contributed by atoms with Crippen molar-refractivity contribution in [3.63, 3.8) is 0 Å². The highest BCUT2D eigenvalue weighted by Gasteiger charge is 2.16. The lowest BCUT2D eigenvalue weighted by Crippen LogP contribution is -2.32. The fourth-order valence-corrected chi connectivity index (χ4v) is 2.94. The van der Waals surface area contributed by atoms with Crippen LogP contribution in [0.3, 0.4) is 0 Å². The van der Waals surface area contributed by atoms with Crippen LogP contribution in [0.5, 0.6) is 11.5 Å². The number of carbonyl (C=O) groups is 3. The molecule has 0 saturated carbocycles. The minimum atomic E-state index is -1.10. The first-order valence-electron chi connectivity index (χ1n) is 10.4. The third-order valence-corrected chi connectivity index (χ3v) is 4.69. The van der Waals surface area contributed by atoms with Crippen LogP contribution in [0.1, 0.15) is 11.1 Å². The van der Waals surface area contributed by atoms with Gasteiger partial charge >= 0.3 is 11.8 Å². The average molecular weight is 478 g/mol. The van der Waals surface area contributed by atoms with E-state index in [4.69, 9.17) is 9.47 Å². The number of anilines is 2. The van der Waals surface area contributed by atoms with Crippen LogP contribution in [0.2, 0.25) is 0 Å². The summed E-state index contributed by atoms with van der Waals surface area (Å²) >= 11 is 0. The van der Waals surface area contributed by atoms with Crippen molar-refractivity contribution in [2.24, 2.45) is 5.10 Å². The van der Waals surface area contributed by atoms with Crippen molar-refractivity contribution in [3.8, 4) is 11.5 Å². The molecule has 3 aromatic rings. The normalized spacial score (nSPS) is 10.5. The van der Waals surface area contributed by atoms with E-state index in [1.807, 2.05) is 25.1 Å². The lowest BCUT2D eigenvalue weighted by molar-refractivity contribution is -0.136. The van der Waals surface area contributed by atoms with Crippen molar-refractivity contribution in [2.45, 2.75) is 6.92 Å². The molecule has 0 spiro atoms. The summed E-state index contributed by atoms with van der Waals surface area (Å²) < 4.78 is 24.6. The fraction of sp³-hybridized carbons (Fsp3) is 0.120. The molecule has 3 amide bonds. The molecule has 0 aliphatic carbocycles. The van der Waals surface area contributed by atoms with E-state index in [-0.39, 0.29) is 24.0 Å². The molecule has 0 fully saturated rings. The summed E-state index contributed by atoms with van der Waals surface area (Å²) in [6.07, 6.45) is 1.23. The van der Waals surface area contributed by atoms with Crippen molar-refractivity contribution in [1.29, 1.82) is 0 Å². The van der Waals surface area contributed by atoms with Crippen LogP contribution in [0.25, 0.3) is 0 Å². The summed E-state index contributed by atoms with van der Waals surface area (Å²) in [5, 5.41) is 8.68. The summed E-state index contributed by atoms with van der Waals surface area (Å²) in [5.41, 5.74) is 3.87. The van der Waals surface area contributed by atoms with Gasteiger partial charge in [-0.2, -0.15) is 5.10 Å². The standard InChI is InChI=1S/C25H23FN4O5/c1-16-8-3-5-11-19(16)28-22(31)15-35-23-17(9-7-13-21(23)34-2)14-27-30-25(33)24(32)29-20-12-6-4-10-18(20)26/h3-14H,15H2,1-2H3,(H,28,31)(H,29,32)(H,30,33)/b27-14-. The lowest BCUT2D eigenvalue weighted by atomic mass is 10.2. The highest BCUT2D eigenvalue weighted by molar-refractivity contribution is 6.39. The Labute approximate surface area is 200 Å². The van der Waals surface area contributed by atoms with E-state index >= 15 is 0 Å². The van der Waals surface area contributed by atoms with E-state index in [0.29, 0.717) is 17.0 Å². The maximum absolute atomic E-state index is 13.6. The molecule has 0 aliphatic rings. The molecule has 0 heterocycles. The topological polar surface area (TPSA) is 118 Å². The monoisotopic (exact) mass is 478 g/mol. The quantitative estimate of drug-likeness (QED) is 0.261. The van der Waals surface area contributed by atoms with Crippen LogP contribution in [0.15, 0.2) is 71.8 Å². The SMILES string of the molecule is COc1cccc(/C=N\NC(=O)C(=O)Nc2ccccc2F)c1OCC(=O)Nc1ccccc1C. The van der Waals surface area contributed by atoms with Gasteiger partial charge in [-0.05, 0) is 42.8 Å². The number of benzene rings is 3. The molecule has 10 heteroatoms. The van der Waals surface area contributed by atoms with Crippen molar-refractivity contribution >= 4 is 35.3 Å². The van der Waals surface area contributed by atoms with E-state index in [2.05, 4.69) is 21.2 Å². The molecular weight excluding hydrogens is 455 g/mol.